The van der Waals surface area contributed by atoms with Gasteiger partial charge in [-0.1, -0.05) is 12.1 Å². The highest BCUT2D eigenvalue weighted by Crippen LogP contribution is 2.09. The first-order valence-corrected chi connectivity index (χ1v) is 6.51. The summed E-state index contributed by atoms with van der Waals surface area (Å²) < 4.78 is 1.77. The molecule has 106 valence electrons. The van der Waals surface area contributed by atoms with E-state index in [9.17, 15) is 4.79 Å². The molecule has 2 aromatic heterocycles. The third-order valence-corrected chi connectivity index (χ3v) is 3.00. The van der Waals surface area contributed by atoms with Crippen molar-refractivity contribution in [2.45, 2.75) is 13.0 Å². The van der Waals surface area contributed by atoms with E-state index in [-0.39, 0.29) is 5.91 Å². The molecule has 2 N–H and O–H groups in total. The molecule has 7 heteroatoms. The number of benzene rings is 1. The van der Waals surface area contributed by atoms with Crippen LogP contribution in [-0.4, -0.2) is 31.1 Å². The summed E-state index contributed by atoms with van der Waals surface area (Å²) in [6, 6.07) is 9.59. The molecule has 0 bridgehead atoms. The molecule has 0 aliphatic heterocycles. The van der Waals surface area contributed by atoms with E-state index in [1.54, 1.807) is 17.1 Å². The number of rotatable bonds is 5. The summed E-state index contributed by atoms with van der Waals surface area (Å²) in [4.78, 5) is 11.8. The lowest BCUT2D eigenvalue weighted by Gasteiger charge is -2.05. The Labute approximate surface area is 121 Å². The number of nitrogens with one attached hydrogen (secondary N) is 2. The van der Waals surface area contributed by atoms with E-state index in [1.165, 1.54) is 0 Å². The summed E-state index contributed by atoms with van der Waals surface area (Å²) in [5.74, 6) is -0.0511. The van der Waals surface area contributed by atoms with E-state index in [1.807, 2.05) is 36.5 Å². The first kappa shape index (κ1) is 13.0. The number of carbonyl (C=O) groups excluding carboxylic acids is 1. The van der Waals surface area contributed by atoms with Crippen molar-refractivity contribution in [2.24, 2.45) is 0 Å². The number of hydrogen-bond donors (Lipinski definition) is 2. The number of hydrogen-bond acceptors (Lipinski definition) is 4. The van der Waals surface area contributed by atoms with Gasteiger partial charge >= 0.3 is 0 Å². The summed E-state index contributed by atoms with van der Waals surface area (Å²) >= 11 is 0. The minimum absolute atomic E-state index is 0.0511. The molecule has 1 aromatic carbocycles. The second-order valence-electron chi connectivity index (χ2n) is 4.53. The summed E-state index contributed by atoms with van der Waals surface area (Å²) in [5.41, 5.74) is 2.62. The van der Waals surface area contributed by atoms with Gasteiger partial charge in [0.2, 0.25) is 5.91 Å². The molecular formula is C14H14N6O. The third kappa shape index (κ3) is 3.33. The highest BCUT2D eigenvalue weighted by atomic mass is 16.1. The van der Waals surface area contributed by atoms with Gasteiger partial charge in [-0.2, -0.15) is 20.5 Å². The van der Waals surface area contributed by atoms with Crippen molar-refractivity contribution in [3.63, 3.8) is 0 Å². The lowest BCUT2D eigenvalue weighted by Crippen LogP contribution is -2.24. The Morgan fingerprint density at radius 2 is 2.14 bits per heavy atom. The molecule has 3 rings (SSSR count). The van der Waals surface area contributed by atoms with Gasteiger partial charge in [0.1, 0.15) is 5.69 Å². The Kier molecular flexibility index (Phi) is 3.72. The minimum atomic E-state index is -0.0511. The summed E-state index contributed by atoms with van der Waals surface area (Å²) in [6.07, 6.45) is 5.52. The van der Waals surface area contributed by atoms with Crippen LogP contribution in [0.5, 0.6) is 0 Å². The average molecular weight is 282 g/mol. The van der Waals surface area contributed by atoms with E-state index in [0.717, 1.165) is 11.3 Å². The van der Waals surface area contributed by atoms with Crippen LogP contribution in [0.1, 0.15) is 11.3 Å². The van der Waals surface area contributed by atoms with E-state index in [0.29, 0.717) is 18.7 Å². The quantitative estimate of drug-likeness (QED) is 0.726. The molecule has 0 unspecified atom stereocenters. The Morgan fingerprint density at radius 1 is 1.29 bits per heavy atom. The molecule has 0 radical (unpaired) electrons. The molecule has 0 aliphatic carbocycles. The molecule has 0 atom stereocenters. The Bertz CT molecular complexity index is 688. The van der Waals surface area contributed by atoms with Crippen LogP contribution >= 0.6 is 0 Å². The van der Waals surface area contributed by atoms with Crippen molar-refractivity contribution in [2.75, 3.05) is 0 Å². The van der Waals surface area contributed by atoms with Gasteiger partial charge < -0.3 is 5.32 Å². The van der Waals surface area contributed by atoms with Crippen LogP contribution in [0.15, 0.2) is 48.9 Å². The van der Waals surface area contributed by atoms with Crippen molar-refractivity contribution in [1.82, 2.24) is 30.5 Å². The van der Waals surface area contributed by atoms with Crippen molar-refractivity contribution in [3.8, 4) is 5.69 Å². The van der Waals surface area contributed by atoms with Crippen LogP contribution in [0.3, 0.4) is 0 Å². The maximum absolute atomic E-state index is 11.8. The zero-order chi connectivity index (χ0) is 14.5. The maximum Gasteiger partial charge on any atom is 0.224 e. The summed E-state index contributed by atoms with van der Waals surface area (Å²) in [6.45, 7) is 0.376. The van der Waals surface area contributed by atoms with Crippen LogP contribution in [0.4, 0.5) is 0 Å². The molecule has 0 saturated heterocycles. The molecule has 7 nitrogen and oxygen atoms in total. The SMILES string of the molecule is O=C(Cc1ccc(-n2cccn2)cc1)NCc1cn[nH]n1. The largest absolute Gasteiger partial charge is 0.350 e. The maximum atomic E-state index is 11.8. The van der Waals surface area contributed by atoms with Crippen molar-refractivity contribution in [1.29, 1.82) is 0 Å². The van der Waals surface area contributed by atoms with Gasteiger partial charge in [-0.15, -0.1) is 0 Å². The smallest absolute Gasteiger partial charge is 0.224 e. The lowest BCUT2D eigenvalue weighted by molar-refractivity contribution is -0.120. The van der Waals surface area contributed by atoms with Crippen LogP contribution < -0.4 is 5.32 Å². The third-order valence-electron chi connectivity index (χ3n) is 3.00. The van der Waals surface area contributed by atoms with Gasteiger partial charge in [-0.25, -0.2) is 4.68 Å². The molecule has 1 amide bonds. The Hall–Kier alpha value is -2.96. The van der Waals surface area contributed by atoms with Crippen LogP contribution in [0.25, 0.3) is 5.69 Å². The van der Waals surface area contributed by atoms with Gasteiger partial charge in [0.05, 0.1) is 24.8 Å². The first-order valence-electron chi connectivity index (χ1n) is 6.51. The Morgan fingerprint density at radius 3 is 2.81 bits per heavy atom. The van der Waals surface area contributed by atoms with E-state index < -0.39 is 0 Å². The molecule has 0 saturated carbocycles. The van der Waals surface area contributed by atoms with E-state index in [4.69, 9.17) is 0 Å². The number of nitrogens with zero attached hydrogens (tertiary/aromatic N) is 4. The predicted octanol–water partition coefficient (Wildman–Crippen LogP) is 0.849. The lowest BCUT2D eigenvalue weighted by atomic mass is 10.1. The van der Waals surface area contributed by atoms with Crippen LogP contribution in [-0.2, 0) is 17.8 Å². The Balaban J connectivity index is 1.56. The summed E-state index contributed by atoms with van der Waals surface area (Å²) in [5, 5.41) is 17.0. The normalized spacial score (nSPS) is 10.5. The molecular weight excluding hydrogens is 268 g/mol. The predicted molar refractivity (Wildman–Crippen MR) is 75.5 cm³/mol. The van der Waals surface area contributed by atoms with Crippen molar-refractivity contribution in [3.05, 3.63) is 60.2 Å². The van der Waals surface area contributed by atoms with Gasteiger partial charge in [-0.05, 0) is 23.8 Å². The van der Waals surface area contributed by atoms with E-state index >= 15 is 0 Å². The zero-order valence-corrected chi connectivity index (χ0v) is 11.2. The molecule has 0 fully saturated rings. The minimum Gasteiger partial charge on any atom is -0.350 e. The highest BCUT2D eigenvalue weighted by molar-refractivity contribution is 5.78. The molecule has 2 heterocycles. The zero-order valence-electron chi connectivity index (χ0n) is 11.2. The van der Waals surface area contributed by atoms with E-state index in [2.05, 4.69) is 25.8 Å². The molecule has 0 aliphatic rings. The van der Waals surface area contributed by atoms with Crippen LogP contribution in [0, 0.1) is 0 Å². The van der Waals surface area contributed by atoms with Crippen LogP contribution in [0.2, 0.25) is 0 Å². The average Bonchev–Trinajstić information content (AvgIpc) is 3.19. The fourth-order valence-corrected chi connectivity index (χ4v) is 1.94. The summed E-state index contributed by atoms with van der Waals surface area (Å²) in [7, 11) is 0. The molecule has 3 aromatic rings. The van der Waals surface area contributed by atoms with Gasteiger partial charge in [0, 0.05) is 12.4 Å². The number of aromatic amines is 1. The van der Waals surface area contributed by atoms with Gasteiger partial charge in [-0.3, -0.25) is 4.79 Å². The number of amides is 1. The van der Waals surface area contributed by atoms with Gasteiger partial charge in [0.25, 0.3) is 0 Å². The number of H-pyrrole nitrogens is 1. The number of carbonyl (C=O) groups is 1. The number of aromatic nitrogens is 5. The monoisotopic (exact) mass is 282 g/mol. The highest BCUT2D eigenvalue weighted by Gasteiger charge is 2.05. The van der Waals surface area contributed by atoms with Crippen molar-refractivity contribution < 1.29 is 4.79 Å². The fraction of sp³-hybridized carbons (Fsp3) is 0.143. The standard InChI is InChI=1S/C14H14N6O/c21-14(15-9-12-10-16-19-18-12)8-11-2-4-13(5-3-11)20-7-1-6-17-20/h1-7,10H,8-9H2,(H,15,21)(H,16,18,19). The second kappa shape index (κ2) is 6.00. The molecule has 0 spiro atoms. The van der Waals surface area contributed by atoms with Crippen molar-refractivity contribution >= 4 is 5.91 Å². The second-order valence-corrected chi connectivity index (χ2v) is 4.53. The van der Waals surface area contributed by atoms with Gasteiger partial charge in [0.15, 0.2) is 0 Å². The molecule has 21 heavy (non-hydrogen) atoms. The topological polar surface area (TPSA) is 88.5 Å². The fourth-order valence-electron chi connectivity index (χ4n) is 1.94. The first-order chi connectivity index (χ1) is 10.3.